The van der Waals surface area contributed by atoms with Crippen molar-refractivity contribution in [1.82, 2.24) is 10.2 Å². The number of amides is 1. The fourth-order valence-electron chi connectivity index (χ4n) is 4.05. The molecule has 1 aliphatic heterocycles. The molecule has 0 radical (unpaired) electrons. The van der Waals surface area contributed by atoms with Gasteiger partial charge >= 0.3 is 0 Å². The molecule has 0 aromatic carbocycles. The third kappa shape index (κ3) is 4.70. The highest BCUT2D eigenvalue weighted by molar-refractivity contribution is 5.82. The number of rotatable bonds is 5. The van der Waals surface area contributed by atoms with Gasteiger partial charge in [0.1, 0.15) is 0 Å². The lowest BCUT2D eigenvalue weighted by atomic mass is 9.77. The van der Waals surface area contributed by atoms with Crippen LogP contribution in [0.2, 0.25) is 0 Å². The van der Waals surface area contributed by atoms with E-state index in [2.05, 4.69) is 37.9 Å². The minimum atomic E-state index is 0.0712. The first-order valence-electron chi connectivity index (χ1n) is 9.02. The fourth-order valence-corrected chi connectivity index (χ4v) is 4.05. The van der Waals surface area contributed by atoms with Crippen LogP contribution in [-0.4, -0.2) is 36.0 Å². The SMILES string of the molecule is CC(C)CN(CC(C)C)C(=O)C1CCC2CCCCC2N1. The number of fused-ring (bicyclic) bond motifs is 1. The van der Waals surface area contributed by atoms with Crippen LogP contribution in [0.4, 0.5) is 0 Å². The Hall–Kier alpha value is -0.570. The Balaban J connectivity index is 1.95. The number of hydrogen-bond acceptors (Lipinski definition) is 2. The molecular formula is C18H34N2O. The summed E-state index contributed by atoms with van der Waals surface area (Å²) in [5, 5.41) is 3.69. The molecule has 1 saturated carbocycles. The molecule has 1 heterocycles. The highest BCUT2D eigenvalue weighted by atomic mass is 16.2. The number of nitrogens with one attached hydrogen (secondary N) is 1. The summed E-state index contributed by atoms with van der Waals surface area (Å²) in [5.41, 5.74) is 0. The van der Waals surface area contributed by atoms with Gasteiger partial charge in [-0.25, -0.2) is 0 Å². The zero-order chi connectivity index (χ0) is 15.4. The molecule has 3 unspecified atom stereocenters. The van der Waals surface area contributed by atoms with Gasteiger partial charge in [0, 0.05) is 19.1 Å². The Morgan fingerprint density at radius 3 is 2.24 bits per heavy atom. The fraction of sp³-hybridized carbons (Fsp3) is 0.944. The van der Waals surface area contributed by atoms with Gasteiger partial charge in [0.15, 0.2) is 0 Å². The second-order valence-electron chi connectivity index (χ2n) is 7.98. The van der Waals surface area contributed by atoms with Gasteiger partial charge in [0.25, 0.3) is 0 Å². The molecule has 0 aromatic rings. The highest BCUT2D eigenvalue weighted by Gasteiger charge is 2.36. The van der Waals surface area contributed by atoms with Crippen molar-refractivity contribution in [3.05, 3.63) is 0 Å². The van der Waals surface area contributed by atoms with Crippen LogP contribution in [-0.2, 0) is 4.79 Å². The molecule has 2 fully saturated rings. The maximum Gasteiger partial charge on any atom is 0.239 e. The lowest BCUT2D eigenvalue weighted by Crippen LogP contribution is -2.56. The van der Waals surface area contributed by atoms with E-state index in [0.29, 0.717) is 23.8 Å². The first kappa shape index (κ1) is 16.8. The minimum absolute atomic E-state index is 0.0712. The van der Waals surface area contributed by atoms with Gasteiger partial charge in [0.05, 0.1) is 6.04 Å². The van der Waals surface area contributed by atoms with Crippen LogP contribution in [0, 0.1) is 17.8 Å². The average Bonchev–Trinajstić information content (AvgIpc) is 2.44. The van der Waals surface area contributed by atoms with Gasteiger partial charge in [-0.05, 0) is 43.4 Å². The molecule has 0 aromatic heterocycles. The zero-order valence-electron chi connectivity index (χ0n) is 14.4. The second kappa shape index (κ2) is 7.62. The van der Waals surface area contributed by atoms with E-state index in [9.17, 15) is 4.79 Å². The van der Waals surface area contributed by atoms with Crippen LogP contribution in [0.1, 0.15) is 66.2 Å². The van der Waals surface area contributed by atoms with E-state index in [1.165, 1.54) is 32.1 Å². The quantitative estimate of drug-likeness (QED) is 0.842. The van der Waals surface area contributed by atoms with Crippen molar-refractivity contribution < 1.29 is 4.79 Å². The van der Waals surface area contributed by atoms with Crippen LogP contribution in [0.25, 0.3) is 0 Å². The second-order valence-corrected chi connectivity index (χ2v) is 7.98. The molecule has 0 spiro atoms. The molecule has 2 aliphatic rings. The minimum Gasteiger partial charge on any atom is -0.341 e. The number of carbonyl (C=O) groups excluding carboxylic acids is 1. The van der Waals surface area contributed by atoms with Crippen LogP contribution in [0.3, 0.4) is 0 Å². The normalized spacial score (nSPS) is 29.5. The van der Waals surface area contributed by atoms with Crippen molar-refractivity contribution in [2.24, 2.45) is 17.8 Å². The van der Waals surface area contributed by atoms with Gasteiger partial charge in [-0.15, -0.1) is 0 Å². The summed E-state index contributed by atoms with van der Waals surface area (Å²) in [7, 11) is 0. The Morgan fingerprint density at radius 2 is 1.62 bits per heavy atom. The first-order chi connectivity index (χ1) is 9.97. The standard InChI is InChI=1S/C18H34N2O/c1-13(2)11-20(12-14(3)4)18(21)17-10-9-15-7-5-6-8-16(15)19-17/h13-17,19H,5-12H2,1-4H3. The molecule has 21 heavy (non-hydrogen) atoms. The topological polar surface area (TPSA) is 32.3 Å². The maximum absolute atomic E-state index is 12.9. The number of carbonyl (C=O) groups is 1. The van der Waals surface area contributed by atoms with Crippen LogP contribution in [0.15, 0.2) is 0 Å². The third-order valence-corrected chi connectivity index (χ3v) is 4.93. The average molecular weight is 294 g/mol. The van der Waals surface area contributed by atoms with Crippen LogP contribution >= 0.6 is 0 Å². The van der Waals surface area contributed by atoms with E-state index in [1.54, 1.807) is 0 Å². The van der Waals surface area contributed by atoms with E-state index in [1.807, 2.05) is 0 Å². The summed E-state index contributed by atoms with van der Waals surface area (Å²) >= 11 is 0. The van der Waals surface area contributed by atoms with E-state index < -0.39 is 0 Å². The van der Waals surface area contributed by atoms with Crippen LogP contribution in [0.5, 0.6) is 0 Å². The zero-order valence-corrected chi connectivity index (χ0v) is 14.4. The summed E-state index contributed by atoms with van der Waals surface area (Å²) in [6.45, 7) is 10.6. The first-order valence-corrected chi connectivity index (χ1v) is 9.02. The van der Waals surface area contributed by atoms with E-state index in [-0.39, 0.29) is 6.04 Å². The number of piperidine rings is 1. The van der Waals surface area contributed by atoms with Gasteiger partial charge < -0.3 is 10.2 Å². The highest BCUT2D eigenvalue weighted by Crippen LogP contribution is 2.32. The Bertz CT molecular complexity index is 330. The molecule has 1 saturated heterocycles. The lowest BCUT2D eigenvalue weighted by Gasteiger charge is -2.41. The van der Waals surface area contributed by atoms with E-state index in [0.717, 1.165) is 25.4 Å². The summed E-state index contributed by atoms with van der Waals surface area (Å²) in [6.07, 6.45) is 7.62. The smallest absolute Gasteiger partial charge is 0.239 e. The van der Waals surface area contributed by atoms with Gasteiger partial charge in [-0.2, -0.15) is 0 Å². The molecule has 0 bridgehead atoms. The molecule has 3 atom stereocenters. The Labute approximate surface area is 130 Å². The monoisotopic (exact) mass is 294 g/mol. The van der Waals surface area contributed by atoms with Crippen LogP contribution < -0.4 is 5.32 Å². The van der Waals surface area contributed by atoms with Crippen molar-refractivity contribution in [1.29, 1.82) is 0 Å². The molecule has 1 amide bonds. The summed E-state index contributed by atoms with van der Waals surface area (Å²) in [4.78, 5) is 15.0. The van der Waals surface area contributed by atoms with Crippen molar-refractivity contribution in [3.8, 4) is 0 Å². The van der Waals surface area contributed by atoms with Crippen molar-refractivity contribution in [2.75, 3.05) is 13.1 Å². The summed E-state index contributed by atoms with van der Waals surface area (Å²) in [5.74, 6) is 2.25. The Kier molecular flexibility index (Phi) is 6.09. The molecule has 3 nitrogen and oxygen atoms in total. The molecule has 122 valence electrons. The molecule has 1 aliphatic carbocycles. The maximum atomic E-state index is 12.9. The number of hydrogen-bond donors (Lipinski definition) is 1. The number of nitrogens with zero attached hydrogens (tertiary/aromatic N) is 1. The molecular weight excluding hydrogens is 260 g/mol. The van der Waals surface area contributed by atoms with Gasteiger partial charge in [0.2, 0.25) is 5.91 Å². The van der Waals surface area contributed by atoms with Gasteiger partial charge in [-0.3, -0.25) is 4.79 Å². The largest absolute Gasteiger partial charge is 0.341 e. The summed E-state index contributed by atoms with van der Waals surface area (Å²) < 4.78 is 0. The predicted molar refractivity (Wildman–Crippen MR) is 88.2 cm³/mol. The summed E-state index contributed by atoms with van der Waals surface area (Å²) in [6, 6.07) is 0.670. The van der Waals surface area contributed by atoms with Gasteiger partial charge in [-0.1, -0.05) is 40.5 Å². The van der Waals surface area contributed by atoms with E-state index >= 15 is 0 Å². The van der Waals surface area contributed by atoms with E-state index in [4.69, 9.17) is 0 Å². The van der Waals surface area contributed by atoms with Crippen molar-refractivity contribution in [3.63, 3.8) is 0 Å². The molecule has 3 heteroatoms. The predicted octanol–water partition coefficient (Wildman–Crippen LogP) is 3.44. The van der Waals surface area contributed by atoms with Crippen molar-refractivity contribution >= 4 is 5.91 Å². The third-order valence-electron chi connectivity index (χ3n) is 4.93. The lowest BCUT2D eigenvalue weighted by molar-refractivity contribution is -0.136. The Morgan fingerprint density at radius 1 is 1.00 bits per heavy atom. The van der Waals surface area contributed by atoms with Crippen molar-refractivity contribution in [2.45, 2.75) is 78.3 Å². The molecule has 1 N–H and O–H groups in total. The molecule has 2 rings (SSSR count).